The van der Waals surface area contributed by atoms with E-state index in [0.717, 1.165) is 13.1 Å². The molecule has 0 aliphatic carbocycles. The number of benzene rings is 1. The Kier molecular flexibility index (Phi) is 7.88. The molecule has 0 radical (unpaired) electrons. The number of aliphatic hydroxyl groups is 1. The number of aromatic nitrogens is 1. The highest BCUT2D eigenvalue weighted by atomic mass is 35.5. The highest BCUT2D eigenvalue weighted by molar-refractivity contribution is 6.46. The van der Waals surface area contributed by atoms with Crippen LogP contribution in [0.1, 0.15) is 37.9 Å². The van der Waals surface area contributed by atoms with Gasteiger partial charge in [-0.1, -0.05) is 25.4 Å². The van der Waals surface area contributed by atoms with E-state index in [0.29, 0.717) is 41.6 Å². The molecule has 32 heavy (non-hydrogen) atoms. The second kappa shape index (κ2) is 10.6. The van der Waals surface area contributed by atoms with Gasteiger partial charge in [0.15, 0.2) is 0 Å². The highest BCUT2D eigenvalue weighted by Crippen LogP contribution is 2.40. The summed E-state index contributed by atoms with van der Waals surface area (Å²) in [7, 11) is 0. The number of likely N-dealkylation sites (tertiary alicyclic amines) is 1. The van der Waals surface area contributed by atoms with Crippen LogP contribution in [0.25, 0.3) is 5.76 Å². The minimum atomic E-state index is -0.714. The van der Waals surface area contributed by atoms with Crippen molar-refractivity contribution in [3.63, 3.8) is 0 Å². The van der Waals surface area contributed by atoms with Crippen LogP contribution in [0.15, 0.2) is 48.3 Å². The summed E-state index contributed by atoms with van der Waals surface area (Å²) in [4.78, 5) is 33.8. The molecular formula is C24H28ClN3O4. The molecule has 0 saturated carbocycles. The summed E-state index contributed by atoms with van der Waals surface area (Å²) in [5, 5.41) is 11.4. The quantitative estimate of drug-likeness (QED) is 0.349. The number of carbonyl (C=O) groups is 2. The van der Waals surface area contributed by atoms with Gasteiger partial charge in [0.05, 0.1) is 23.2 Å². The molecule has 8 heteroatoms. The lowest BCUT2D eigenvalue weighted by molar-refractivity contribution is -0.140. The number of amides is 1. The Balaban J connectivity index is 2.07. The third-order valence-corrected chi connectivity index (χ3v) is 5.91. The number of likely N-dealkylation sites (N-methyl/N-ethyl adjacent to an activating group) is 1. The van der Waals surface area contributed by atoms with Crippen molar-refractivity contribution in [2.24, 2.45) is 0 Å². The zero-order valence-electron chi connectivity index (χ0n) is 18.5. The van der Waals surface area contributed by atoms with Gasteiger partial charge >= 0.3 is 0 Å². The molecule has 1 fully saturated rings. The van der Waals surface area contributed by atoms with Crippen molar-refractivity contribution in [3.8, 4) is 5.75 Å². The summed E-state index contributed by atoms with van der Waals surface area (Å²) in [6.07, 6.45) is 3.21. The Labute approximate surface area is 193 Å². The van der Waals surface area contributed by atoms with Crippen molar-refractivity contribution in [1.29, 1.82) is 0 Å². The summed E-state index contributed by atoms with van der Waals surface area (Å²) in [6, 6.07) is 7.59. The van der Waals surface area contributed by atoms with Gasteiger partial charge in [0.2, 0.25) is 0 Å². The van der Waals surface area contributed by atoms with Crippen molar-refractivity contribution >= 4 is 29.1 Å². The lowest BCUT2D eigenvalue weighted by Gasteiger charge is -2.28. The zero-order valence-corrected chi connectivity index (χ0v) is 19.3. The summed E-state index contributed by atoms with van der Waals surface area (Å²) in [5.74, 6) is -1.12. The van der Waals surface area contributed by atoms with Crippen LogP contribution in [0.2, 0.25) is 5.02 Å². The van der Waals surface area contributed by atoms with E-state index in [1.807, 2.05) is 20.8 Å². The number of hydrogen-bond acceptors (Lipinski definition) is 6. The average molecular weight is 458 g/mol. The number of ether oxygens (including phenoxy) is 1. The monoisotopic (exact) mass is 457 g/mol. The molecule has 3 rings (SSSR count). The van der Waals surface area contributed by atoms with Gasteiger partial charge in [0.1, 0.15) is 11.5 Å². The highest BCUT2D eigenvalue weighted by Gasteiger charge is 2.46. The van der Waals surface area contributed by atoms with E-state index < -0.39 is 17.7 Å². The minimum absolute atomic E-state index is 0.0426. The summed E-state index contributed by atoms with van der Waals surface area (Å²) < 4.78 is 5.45. The van der Waals surface area contributed by atoms with Crippen molar-refractivity contribution in [2.75, 3.05) is 32.8 Å². The molecule has 1 aliphatic heterocycles. The van der Waals surface area contributed by atoms with Crippen LogP contribution in [-0.2, 0) is 9.59 Å². The van der Waals surface area contributed by atoms with E-state index in [2.05, 4.69) is 9.88 Å². The minimum Gasteiger partial charge on any atom is -0.507 e. The Morgan fingerprint density at radius 3 is 2.44 bits per heavy atom. The maximum Gasteiger partial charge on any atom is 0.295 e. The maximum absolute atomic E-state index is 13.1. The van der Waals surface area contributed by atoms with Crippen LogP contribution in [-0.4, -0.2) is 64.4 Å². The fourth-order valence-electron chi connectivity index (χ4n) is 3.87. The molecule has 1 aliphatic rings. The Hall–Kier alpha value is -2.90. The van der Waals surface area contributed by atoms with Gasteiger partial charge in [-0.05, 0) is 55.9 Å². The fourth-order valence-corrected chi connectivity index (χ4v) is 4.10. The number of halogens is 1. The van der Waals surface area contributed by atoms with Crippen LogP contribution in [0.5, 0.6) is 5.75 Å². The number of ketones is 1. The Bertz CT molecular complexity index is 1010. The van der Waals surface area contributed by atoms with E-state index >= 15 is 0 Å². The molecule has 1 amide bonds. The fraction of sp³-hybridized carbons (Fsp3) is 0.375. The van der Waals surface area contributed by atoms with E-state index in [1.54, 1.807) is 36.7 Å². The van der Waals surface area contributed by atoms with Gasteiger partial charge in [-0.15, -0.1) is 0 Å². The first kappa shape index (κ1) is 23.8. The molecular weight excluding hydrogens is 430 g/mol. The molecule has 7 nitrogen and oxygen atoms in total. The van der Waals surface area contributed by atoms with E-state index in [1.165, 1.54) is 11.0 Å². The first-order valence-electron chi connectivity index (χ1n) is 10.8. The van der Waals surface area contributed by atoms with Gasteiger partial charge < -0.3 is 19.6 Å². The number of aliphatic hydroxyl groups excluding tert-OH is 1. The molecule has 0 bridgehead atoms. The topological polar surface area (TPSA) is 83.0 Å². The molecule has 170 valence electrons. The third kappa shape index (κ3) is 4.79. The maximum atomic E-state index is 13.1. The SMILES string of the molecule is CCOc1ccc(C(O)=C2C(=O)C(=O)N(CCN(CC)CC)[C@H]2c2ccncc2)cc1Cl. The van der Waals surface area contributed by atoms with Crippen LogP contribution < -0.4 is 4.74 Å². The van der Waals surface area contributed by atoms with Crippen LogP contribution in [0.4, 0.5) is 0 Å². The van der Waals surface area contributed by atoms with Crippen LogP contribution in [0.3, 0.4) is 0 Å². The van der Waals surface area contributed by atoms with E-state index in [4.69, 9.17) is 16.3 Å². The number of rotatable bonds is 9. The average Bonchev–Trinajstić information content (AvgIpc) is 3.06. The van der Waals surface area contributed by atoms with Gasteiger partial charge in [-0.25, -0.2) is 0 Å². The molecule has 2 heterocycles. The van der Waals surface area contributed by atoms with E-state index in [-0.39, 0.29) is 11.3 Å². The predicted molar refractivity (Wildman–Crippen MR) is 124 cm³/mol. The number of pyridine rings is 1. The molecule has 2 aromatic rings. The van der Waals surface area contributed by atoms with E-state index in [9.17, 15) is 14.7 Å². The van der Waals surface area contributed by atoms with Gasteiger partial charge in [0, 0.05) is 31.0 Å². The lowest BCUT2D eigenvalue weighted by Crippen LogP contribution is -2.38. The molecule has 0 unspecified atom stereocenters. The molecule has 1 N–H and O–H groups in total. The second-order valence-corrected chi connectivity index (χ2v) is 7.79. The number of hydrogen-bond donors (Lipinski definition) is 1. The molecule has 0 spiro atoms. The number of carbonyl (C=O) groups excluding carboxylic acids is 2. The summed E-state index contributed by atoms with van der Waals surface area (Å²) >= 11 is 6.29. The second-order valence-electron chi connectivity index (χ2n) is 7.38. The smallest absolute Gasteiger partial charge is 0.295 e. The third-order valence-electron chi connectivity index (χ3n) is 5.62. The molecule has 1 atom stereocenters. The first-order valence-corrected chi connectivity index (χ1v) is 11.1. The van der Waals surface area contributed by atoms with Crippen molar-refractivity contribution in [1.82, 2.24) is 14.8 Å². The zero-order chi connectivity index (χ0) is 23.3. The van der Waals surface area contributed by atoms with Gasteiger partial charge in [0.25, 0.3) is 11.7 Å². The van der Waals surface area contributed by atoms with Crippen molar-refractivity contribution < 1.29 is 19.4 Å². The molecule has 1 aromatic heterocycles. The number of nitrogens with zero attached hydrogens (tertiary/aromatic N) is 3. The lowest BCUT2D eigenvalue weighted by atomic mass is 9.96. The first-order chi connectivity index (χ1) is 15.4. The van der Waals surface area contributed by atoms with Crippen LogP contribution >= 0.6 is 11.6 Å². The van der Waals surface area contributed by atoms with Gasteiger partial charge in [-0.3, -0.25) is 14.6 Å². The largest absolute Gasteiger partial charge is 0.507 e. The standard InChI is InChI=1S/C24H28ClN3O4/c1-4-27(5-2)13-14-28-21(16-9-11-26-12-10-16)20(23(30)24(28)31)22(29)17-7-8-19(32-6-3)18(25)15-17/h7-12,15,21,29H,4-6,13-14H2,1-3H3/t21-/m0/s1. The number of Topliss-reactive ketones (excluding diaryl/α,β-unsaturated/α-hetero) is 1. The van der Waals surface area contributed by atoms with Crippen molar-refractivity contribution in [2.45, 2.75) is 26.8 Å². The molecule has 1 saturated heterocycles. The Morgan fingerprint density at radius 2 is 1.84 bits per heavy atom. The summed E-state index contributed by atoms with van der Waals surface area (Å²) in [6.45, 7) is 9.05. The van der Waals surface area contributed by atoms with Gasteiger partial charge in [-0.2, -0.15) is 0 Å². The molecule has 1 aromatic carbocycles. The predicted octanol–water partition coefficient (Wildman–Crippen LogP) is 3.90. The van der Waals surface area contributed by atoms with Crippen molar-refractivity contribution in [3.05, 3.63) is 64.4 Å². The van der Waals surface area contributed by atoms with Crippen LogP contribution in [0, 0.1) is 0 Å². The normalized spacial score (nSPS) is 17.9. The summed E-state index contributed by atoms with van der Waals surface area (Å²) in [5.41, 5.74) is 1.09. The Morgan fingerprint density at radius 1 is 1.16 bits per heavy atom.